The number of terminal acetylenes is 1. The van der Waals surface area contributed by atoms with E-state index < -0.39 is 28.9 Å². The lowest BCUT2D eigenvalue weighted by Gasteiger charge is -2.38. The van der Waals surface area contributed by atoms with E-state index in [1.807, 2.05) is 104 Å². The highest BCUT2D eigenvalue weighted by Crippen LogP contribution is 2.56. The molecule has 0 fully saturated rings. The molecule has 0 atom stereocenters. The maximum atomic E-state index is 15.2. The lowest BCUT2D eigenvalue weighted by Crippen LogP contribution is -2.54. The van der Waals surface area contributed by atoms with Crippen LogP contribution in [-0.2, 0) is 5.41 Å². The number of nitrogens with zero attached hydrogens (tertiary/aromatic N) is 6. The van der Waals surface area contributed by atoms with Crippen molar-refractivity contribution in [3.05, 3.63) is 223 Å². The Bertz CT molecular complexity index is 3350. The summed E-state index contributed by atoms with van der Waals surface area (Å²) in [5.74, 6) is 5.36. The first-order valence-electron chi connectivity index (χ1n) is 22.2. The van der Waals surface area contributed by atoms with Crippen LogP contribution >= 0.6 is 0 Å². The van der Waals surface area contributed by atoms with Gasteiger partial charge in [-0.15, -0.1) is 6.42 Å². The van der Waals surface area contributed by atoms with E-state index in [0.29, 0.717) is 45.8 Å². The fourth-order valence-electron chi connectivity index (χ4n) is 7.80. The molecule has 0 bridgehead atoms. The number of aromatic nitrogens is 6. The molecule has 354 valence electrons. The third-order valence-corrected chi connectivity index (χ3v) is 11.3. The normalized spacial score (nSPS) is 12.1. The summed E-state index contributed by atoms with van der Waals surface area (Å²) in [4.78, 5) is 28.0. The molecular formula is C58H38F6N6O2. The summed E-state index contributed by atoms with van der Waals surface area (Å²) in [6.07, 6.45) is -0.552. The Hall–Kier alpha value is -9.22. The molecule has 2 aromatic heterocycles. The second kappa shape index (κ2) is 20.4. The maximum absolute atomic E-state index is 15.2. The quantitative estimate of drug-likeness (QED) is 0.0640. The van der Waals surface area contributed by atoms with Gasteiger partial charge in [0.1, 0.15) is 23.0 Å². The SMILES string of the molecule is C#C/C(=C\C=C/C)c1nc(-c2ccccc2)nc(-c2ccc(Oc3ccc(C(c4ccc(Oc5ccc(-c6nc(-c7ccccc7)nc(-c7ccccc7)n6)cc5)cc4)(C(F)(F)F)C(F)(F)F)cc3)cc2)n1. The van der Waals surface area contributed by atoms with Gasteiger partial charge in [-0.05, 0) is 96.9 Å². The third-order valence-electron chi connectivity index (χ3n) is 11.3. The number of rotatable bonds is 13. The number of benzene rings is 7. The van der Waals surface area contributed by atoms with E-state index in [-0.39, 0.29) is 28.8 Å². The van der Waals surface area contributed by atoms with Crippen LogP contribution in [-0.4, -0.2) is 42.3 Å². The Morgan fingerprint density at radius 2 is 0.708 bits per heavy atom. The molecule has 8 nitrogen and oxygen atoms in total. The first-order chi connectivity index (χ1) is 34.8. The molecule has 14 heteroatoms. The molecule has 9 aromatic rings. The zero-order chi connectivity index (χ0) is 50.3. The van der Waals surface area contributed by atoms with Crippen molar-refractivity contribution < 1.29 is 35.8 Å². The number of hydrogen-bond donors (Lipinski definition) is 0. The molecule has 2 heterocycles. The van der Waals surface area contributed by atoms with Crippen LogP contribution in [0, 0.1) is 12.3 Å². The monoisotopic (exact) mass is 964 g/mol. The van der Waals surface area contributed by atoms with E-state index in [2.05, 4.69) is 20.9 Å². The van der Waals surface area contributed by atoms with Gasteiger partial charge in [0.2, 0.25) is 5.41 Å². The fourth-order valence-corrected chi connectivity index (χ4v) is 7.80. The van der Waals surface area contributed by atoms with Gasteiger partial charge in [0, 0.05) is 27.8 Å². The largest absolute Gasteiger partial charge is 0.457 e. The van der Waals surface area contributed by atoms with E-state index >= 15 is 26.3 Å². The van der Waals surface area contributed by atoms with Crippen molar-refractivity contribution in [2.24, 2.45) is 0 Å². The van der Waals surface area contributed by atoms with Crippen LogP contribution in [0.3, 0.4) is 0 Å². The Labute approximate surface area is 410 Å². The fraction of sp³-hybridized carbons (Fsp3) is 0.0690. The summed E-state index contributed by atoms with van der Waals surface area (Å²) < 4.78 is 103. The van der Waals surface area contributed by atoms with Gasteiger partial charge in [0.05, 0.1) is 5.57 Å². The van der Waals surface area contributed by atoms with Gasteiger partial charge in [-0.3, -0.25) is 0 Å². The van der Waals surface area contributed by atoms with E-state index in [1.54, 1.807) is 60.7 Å². The van der Waals surface area contributed by atoms with Gasteiger partial charge in [-0.1, -0.05) is 133 Å². The molecule has 0 aliphatic carbocycles. The summed E-state index contributed by atoms with van der Waals surface area (Å²) >= 11 is 0. The molecule has 9 rings (SSSR count). The lowest BCUT2D eigenvalue weighted by molar-refractivity contribution is -0.288. The molecule has 0 amide bonds. The first-order valence-corrected chi connectivity index (χ1v) is 22.2. The van der Waals surface area contributed by atoms with Crippen molar-refractivity contribution in [2.75, 3.05) is 0 Å². The number of allylic oxidation sites excluding steroid dienone is 4. The zero-order valence-electron chi connectivity index (χ0n) is 38.0. The van der Waals surface area contributed by atoms with Gasteiger partial charge >= 0.3 is 12.4 Å². The average Bonchev–Trinajstić information content (AvgIpc) is 3.40. The minimum atomic E-state index is -5.82. The van der Waals surface area contributed by atoms with Gasteiger partial charge in [-0.2, -0.15) is 26.3 Å². The van der Waals surface area contributed by atoms with Crippen LogP contribution in [0.4, 0.5) is 26.3 Å². The van der Waals surface area contributed by atoms with Gasteiger partial charge < -0.3 is 9.47 Å². The van der Waals surface area contributed by atoms with E-state index in [1.165, 1.54) is 0 Å². The number of halogens is 6. The van der Waals surface area contributed by atoms with Gasteiger partial charge in [-0.25, -0.2) is 29.9 Å². The highest BCUT2D eigenvalue weighted by atomic mass is 19.4. The molecule has 0 spiro atoms. The smallest absolute Gasteiger partial charge is 0.411 e. The number of ether oxygens (including phenoxy) is 2. The summed E-state index contributed by atoms with van der Waals surface area (Å²) in [6.45, 7) is 1.84. The molecule has 0 saturated carbocycles. The molecule has 0 unspecified atom stereocenters. The highest BCUT2D eigenvalue weighted by molar-refractivity contribution is 5.77. The summed E-state index contributed by atoms with van der Waals surface area (Å²) in [6, 6.07) is 48.4. The topological polar surface area (TPSA) is 95.8 Å². The number of hydrogen-bond acceptors (Lipinski definition) is 8. The standard InChI is InChI=1S/C58H38F6N6O2/c1-3-5-15-38(4-2)50-65-51(39-16-9-6-10-17-39)68-54(66-50)42-22-30-46(31-23-42)71-48-34-26-44(27-35-48)56(57(59,60)61,58(62,63)64)45-28-36-49(37-29-45)72-47-32-24-43(25-33-47)55-69-52(40-18-11-7-12-19-40)67-53(70-55)41-20-13-8-14-21-41/h2-3,5-37H,1H3/b5-3-,38-15+. The Morgan fingerprint density at radius 3 is 1.00 bits per heavy atom. The maximum Gasteiger partial charge on any atom is 0.411 e. The van der Waals surface area contributed by atoms with Gasteiger partial charge in [0.25, 0.3) is 0 Å². The van der Waals surface area contributed by atoms with Crippen molar-refractivity contribution in [3.63, 3.8) is 0 Å². The highest BCUT2D eigenvalue weighted by Gasteiger charge is 2.72. The predicted octanol–water partition coefficient (Wildman–Crippen LogP) is 15.0. The van der Waals surface area contributed by atoms with Crippen molar-refractivity contribution in [1.29, 1.82) is 0 Å². The lowest BCUT2D eigenvalue weighted by atomic mass is 9.73. The van der Waals surface area contributed by atoms with E-state index in [9.17, 15) is 0 Å². The Balaban J connectivity index is 0.943. The van der Waals surface area contributed by atoms with Crippen molar-refractivity contribution in [3.8, 4) is 92.3 Å². The molecule has 0 saturated heterocycles. The first kappa shape index (κ1) is 47.8. The van der Waals surface area contributed by atoms with Crippen LogP contribution in [0.15, 0.2) is 206 Å². The van der Waals surface area contributed by atoms with Crippen molar-refractivity contribution in [2.45, 2.75) is 24.7 Å². The van der Waals surface area contributed by atoms with Crippen LogP contribution in [0.2, 0.25) is 0 Å². The summed E-state index contributed by atoms with van der Waals surface area (Å²) in [5, 5.41) is 0. The van der Waals surface area contributed by atoms with Crippen LogP contribution in [0.5, 0.6) is 23.0 Å². The zero-order valence-corrected chi connectivity index (χ0v) is 38.0. The molecule has 0 N–H and O–H groups in total. The summed E-state index contributed by atoms with van der Waals surface area (Å²) in [7, 11) is 0. The third kappa shape index (κ3) is 10.1. The Morgan fingerprint density at radius 1 is 0.417 bits per heavy atom. The minimum Gasteiger partial charge on any atom is -0.457 e. The van der Waals surface area contributed by atoms with Gasteiger partial charge in [0.15, 0.2) is 34.9 Å². The second-order valence-electron chi connectivity index (χ2n) is 16.0. The Kier molecular flexibility index (Phi) is 13.5. The molecule has 72 heavy (non-hydrogen) atoms. The van der Waals surface area contributed by atoms with E-state index in [0.717, 1.165) is 65.2 Å². The van der Waals surface area contributed by atoms with E-state index in [4.69, 9.17) is 30.8 Å². The van der Waals surface area contributed by atoms with Crippen molar-refractivity contribution in [1.82, 2.24) is 29.9 Å². The van der Waals surface area contributed by atoms with Crippen LogP contribution in [0.1, 0.15) is 23.9 Å². The second-order valence-corrected chi connectivity index (χ2v) is 16.0. The molecule has 0 aliphatic heterocycles. The van der Waals surface area contributed by atoms with Crippen molar-refractivity contribution >= 4 is 5.57 Å². The molecule has 0 aliphatic rings. The van der Waals surface area contributed by atoms with Crippen LogP contribution in [0.25, 0.3) is 62.5 Å². The molecule has 7 aromatic carbocycles. The number of alkyl halides is 6. The van der Waals surface area contributed by atoms with Crippen LogP contribution < -0.4 is 9.47 Å². The average molecular weight is 965 g/mol. The molecular weight excluding hydrogens is 927 g/mol. The summed E-state index contributed by atoms with van der Waals surface area (Å²) in [5.41, 5.74) is -2.64. The minimum absolute atomic E-state index is 0.00327. The predicted molar refractivity (Wildman–Crippen MR) is 264 cm³/mol. The molecule has 0 radical (unpaired) electrons.